The van der Waals surface area contributed by atoms with E-state index in [-0.39, 0.29) is 6.04 Å². The Kier molecular flexibility index (Phi) is 3.84. The van der Waals surface area contributed by atoms with Crippen molar-refractivity contribution < 1.29 is 0 Å². The smallest absolute Gasteiger partial charge is 0.138 e. The fourth-order valence-corrected chi connectivity index (χ4v) is 2.88. The van der Waals surface area contributed by atoms with E-state index in [9.17, 15) is 0 Å². The lowest BCUT2D eigenvalue weighted by Crippen LogP contribution is -2.10. The van der Waals surface area contributed by atoms with Gasteiger partial charge in [-0.1, -0.05) is 35.9 Å². The van der Waals surface area contributed by atoms with Gasteiger partial charge in [0.2, 0.25) is 0 Å². The van der Waals surface area contributed by atoms with Crippen LogP contribution in [0.25, 0.3) is 5.69 Å². The molecule has 2 heterocycles. The van der Waals surface area contributed by atoms with E-state index in [2.05, 4.69) is 31.8 Å². The van der Waals surface area contributed by atoms with Crippen molar-refractivity contribution in [3.8, 4) is 5.69 Å². The van der Waals surface area contributed by atoms with Gasteiger partial charge in [0.05, 0.1) is 18.1 Å². The van der Waals surface area contributed by atoms with Gasteiger partial charge in [-0.2, -0.15) is 5.10 Å². The summed E-state index contributed by atoms with van der Waals surface area (Å²) in [5, 5.41) is 4.88. The van der Waals surface area contributed by atoms with Crippen molar-refractivity contribution in [3.05, 3.63) is 96.1 Å². The number of rotatable bonds is 4. The van der Waals surface area contributed by atoms with E-state index in [4.69, 9.17) is 11.6 Å². The number of benzene rings is 2. The fourth-order valence-electron chi connectivity index (χ4n) is 2.75. The molecule has 0 saturated heterocycles. The maximum Gasteiger partial charge on any atom is 0.138 e. The van der Waals surface area contributed by atoms with Gasteiger partial charge in [-0.15, -0.1) is 0 Å². The lowest BCUT2D eigenvalue weighted by Gasteiger charge is -2.20. The summed E-state index contributed by atoms with van der Waals surface area (Å²) in [6.45, 7) is 0. The average Bonchev–Trinajstić information content (AvgIpc) is 3.31. The number of aromatic nitrogens is 5. The Morgan fingerprint density at radius 1 is 0.833 bits per heavy atom. The maximum absolute atomic E-state index is 6.03. The minimum atomic E-state index is 0.0366. The van der Waals surface area contributed by atoms with Crippen molar-refractivity contribution >= 4 is 11.6 Å². The van der Waals surface area contributed by atoms with Crippen molar-refractivity contribution in [1.82, 2.24) is 24.3 Å². The van der Waals surface area contributed by atoms with Gasteiger partial charge in [-0.05, 0) is 35.4 Å². The van der Waals surface area contributed by atoms with Gasteiger partial charge < -0.3 is 4.57 Å². The SMILES string of the molecule is Clc1ccc(C(c2ccc(-n3cncn3)cc2)n2ccnc2)cc1. The molecule has 5 nitrogen and oxygen atoms in total. The first-order chi connectivity index (χ1) is 11.8. The minimum absolute atomic E-state index is 0.0366. The predicted octanol–water partition coefficient (Wildman–Crippen LogP) is 3.75. The third-order valence-electron chi connectivity index (χ3n) is 3.90. The predicted molar refractivity (Wildman–Crippen MR) is 92.3 cm³/mol. The first kappa shape index (κ1) is 14.7. The molecular weight excluding hydrogens is 322 g/mol. The molecule has 0 aliphatic carbocycles. The highest BCUT2D eigenvalue weighted by atomic mass is 35.5. The lowest BCUT2D eigenvalue weighted by atomic mass is 9.98. The van der Waals surface area contributed by atoms with E-state index in [0.29, 0.717) is 0 Å². The van der Waals surface area contributed by atoms with E-state index in [1.165, 1.54) is 6.33 Å². The standard InChI is InChI=1S/C18H14ClN5/c19-16-5-1-14(2-6-16)18(23-10-9-20-12-23)15-3-7-17(8-4-15)24-13-21-11-22-24/h1-13,18H. The monoisotopic (exact) mass is 335 g/mol. The Morgan fingerprint density at radius 3 is 2.12 bits per heavy atom. The summed E-state index contributed by atoms with van der Waals surface area (Å²) < 4.78 is 3.81. The second-order valence-electron chi connectivity index (χ2n) is 5.40. The van der Waals surface area contributed by atoms with E-state index in [1.54, 1.807) is 17.2 Å². The first-order valence-corrected chi connectivity index (χ1v) is 7.87. The van der Waals surface area contributed by atoms with Crippen LogP contribution in [0.15, 0.2) is 79.9 Å². The molecule has 2 aromatic heterocycles. The summed E-state index contributed by atoms with van der Waals surface area (Å²) in [4.78, 5) is 8.16. The maximum atomic E-state index is 6.03. The van der Waals surface area contributed by atoms with Gasteiger partial charge in [0.1, 0.15) is 12.7 Å². The van der Waals surface area contributed by atoms with Crippen molar-refractivity contribution in [2.45, 2.75) is 6.04 Å². The van der Waals surface area contributed by atoms with Crippen LogP contribution in [0.5, 0.6) is 0 Å². The van der Waals surface area contributed by atoms with Crippen LogP contribution in [0, 0.1) is 0 Å². The minimum Gasteiger partial charge on any atom is -0.326 e. The number of imidazole rings is 1. The number of halogens is 1. The number of hydrogen-bond donors (Lipinski definition) is 0. The van der Waals surface area contributed by atoms with Gasteiger partial charge in [0, 0.05) is 17.4 Å². The van der Waals surface area contributed by atoms with Crippen molar-refractivity contribution in [3.63, 3.8) is 0 Å². The molecular formula is C18H14ClN5. The molecule has 0 fully saturated rings. The van der Waals surface area contributed by atoms with Crippen LogP contribution < -0.4 is 0 Å². The quantitative estimate of drug-likeness (QED) is 0.570. The van der Waals surface area contributed by atoms with Crippen LogP contribution in [-0.4, -0.2) is 24.3 Å². The Hall–Kier alpha value is -2.92. The van der Waals surface area contributed by atoms with Gasteiger partial charge in [-0.3, -0.25) is 0 Å². The van der Waals surface area contributed by atoms with Crippen LogP contribution in [0.4, 0.5) is 0 Å². The molecule has 4 rings (SSSR count). The van der Waals surface area contributed by atoms with Crippen LogP contribution in [0.2, 0.25) is 5.02 Å². The van der Waals surface area contributed by atoms with E-state index in [1.807, 2.05) is 48.9 Å². The molecule has 0 saturated carbocycles. The highest BCUT2D eigenvalue weighted by Gasteiger charge is 2.16. The van der Waals surface area contributed by atoms with Crippen LogP contribution in [-0.2, 0) is 0 Å². The zero-order valence-corrected chi connectivity index (χ0v) is 13.5. The van der Waals surface area contributed by atoms with Crippen molar-refractivity contribution in [2.75, 3.05) is 0 Å². The van der Waals surface area contributed by atoms with Gasteiger partial charge in [0.25, 0.3) is 0 Å². The second kappa shape index (κ2) is 6.29. The summed E-state index contributed by atoms with van der Waals surface area (Å²) in [6, 6.07) is 16.2. The summed E-state index contributed by atoms with van der Waals surface area (Å²) in [6.07, 6.45) is 8.78. The highest BCUT2D eigenvalue weighted by molar-refractivity contribution is 6.30. The zero-order valence-electron chi connectivity index (χ0n) is 12.7. The van der Waals surface area contributed by atoms with E-state index >= 15 is 0 Å². The van der Waals surface area contributed by atoms with E-state index in [0.717, 1.165) is 21.8 Å². The molecule has 4 aromatic rings. The molecule has 24 heavy (non-hydrogen) atoms. The third-order valence-corrected chi connectivity index (χ3v) is 4.15. The number of nitrogens with zero attached hydrogens (tertiary/aromatic N) is 5. The topological polar surface area (TPSA) is 48.5 Å². The van der Waals surface area contributed by atoms with Crippen LogP contribution in [0.1, 0.15) is 17.2 Å². The van der Waals surface area contributed by atoms with Crippen LogP contribution in [0.3, 0.4) is 0 Å². The van der Waals surface area contributed by atoms with Crippen LogP contribution >= 0.6 is 11.6 Å². The Labute approximate surface area is 144 Å². The second-order valence-corrected chi connectivity index (χ2v) is 5.83. The first-order valence-electron chi connectivity index (χ1n) is 7.49. The summed E-state index contributed by atoms with van der Waals surface area (Å²) >= 11 is 6.03. The molecule has 0 radical (unpaired) electrons. The molecule has 0 bridgehead atoms. The van der Waals surface area contributed by atoms with Gasteiger partial charge >= 0.3 is 0 Å². The van der Waals surface area contributed by atoms with Gasteiger partial charge in [-0.25, -0.2) is 14.6 Å². The Bertz CT molecular complexity index is 897. The molecule has 0 aliphatic heterocycles. The molecule has 118 valence electrons. The van der Waals surface area contributed by atoms with Crippen molar-refractivity contribution in [1.29, 1.82) is 0 Å². The third kappa shape index (κ3) is 2.81. The molecule has 0 spiro atoms. The molecule has 6 heteroatoms. The molecule has 2 aromatic carbocycles. The van der Waals surface area contributed by atoms with Crippen molar-refractivity contribution in [2.24, 2.45) is 0 Å². The fraction of sp³-hybridized carbons (Fsp3) is 0.0556. The molecule has 0 N–H and O–H groups in total. The molecule has 0 amide bonds. The molecule has 0 aliphatic rings. The lowest BCUT2D eigenvalue weighted by molar-refractivity contribution is 0.676. The largest absolute Gasteiger partial charge is 0.326 e. The normalized spacial score (nSPS) is 12.2. The summed E-state index contributed by atoms with van der Waals surface area (Å²) in [7, 11) is 0. The zero-order chi connectivity index (χ0) is 16.4. The number of hydrogen-bond acceptors (Lipinski definition) is 3. The molecule has 1 unspecified atom stereocenters. The summed E-state index contributed by atoms with van der Waals surface area (Å²) in [5.41, 5.74) is 3.27. The average molecular weight is 336 g/mol. The Morgan fingerprint density at radius 2 is 1.54 bits per heavy atom. The molecule has 1 atom stereocenters. The van der Waals surface area contributed by atoms with Gasteiger partial charge in [0.15, 0.2) is 0 Å². The Balaban J connectivity index is 1.75. The van der Waals surface area contributed by atoms with E-state index < -0.39 is 0 Å². The summed E-state index contributed by atoms with van der Waals surface area (Å²) in [5.74, 6) is 0. The highest BCUT2D eigenvalue weighted by Crippen LogP contribution is 2.28.